The van der Waals surface area contributed by atoms with Gasteiger partial charge in [-0.3, -0.25) is 0 Å². The van der Waals surface area contributed by atoms with Gasteiger partial charge in [-0.1, -0.05) is 50.2 Å². The van der Waals surface area contributed by atoms with E-state index < -0.39 is 0 Å². The zero-order valence-electron chi connectivity index (χ0n) is 12.7. The number of imidazole rings is 1. The Morgan fingerprint density at radius 3 is 2.50 bits per heavy atom. The maximum Gasteiger partial charge on any atom is 0.149 e. The monoisotopic (exact) mass is 287 g/mol. The van der Waals surface area contributed by atoms with Crippen LogP contribution in [0.3, 0.4) is 0 Å². The summed E-state index contributed by atoms with van der Waals surface area (Å²) in [7, 11) is 0. The fourth-order valence-electron chi connectivity index (χ4n) is 2.38. The zero-order chi connectivity index (χ0) is 15.5. The molecule has 0 fully saturated rings. The molecule has 108 valence electrons. The highest BCUT2D eigenvalue weighted by Crippen LogP contribution is 2.20. The molecule has 0 aliphatic heterocycles. The van der Waals surface area contributed by atoms with E-state index in [0.29, 0.717) is 17.3 Å². The quantitative estimate of drug-likeness (QED) is 0.707. The molecule has 3 rings (SSSR count). The van der Waals surface area contributed by atoms with Gasteiger partial charge in [-0.05, 0) is 35.3 Å². The van der Waals surface area contributed by atoms with Crippen LogP contribution < -0.4 is 0 Å². The Morgan fingerprint density at radius 1 is 1.14 bits per heavy atom. The summed E-state index contributed by atoms with van der Waals surface area (Å²) in [5, 5.41) is 9.43. The number of para-hydroxylation sites is 2. The van der Waals surface area contributed by atoms with Crippen LogP contribution in [-0.4, -0.2) is 9.97 Å². The second-order valence-corrected chi connectivity index (χ2v) is 5.59. The van der Waals surface area contributed by atoms with E-state index in [1.165, 1.54) is 5.56 Å². The molecular formula is C19H17N3. The Labute approximate surface area is 129 Å². The molecule has 0 aliphatic rings. The first-order valence-electron chi connectivity index (χ1n) is 7.34. The second kappa shape index (κ2) is 5.87. The van der Waals surface area contributed by atoms with Gasteiger partial charge in [0.25, 0.3) is 0 Å². The lowest BCUT2D eigenvalue weighted by atomic mass is 10.0. The maximum absolute atomic E-state index is 9.43. The number of allylic oxidation sites excluding steroid dienone is 1. The van der Waals surface area contributed by atoms with Crippen LogP contribution >= 0.6 is 0 Å². The van der Waals surface area contributed by atoms with Crippen molar-refractivity contribution in [3.8, 4) is 6.07 Å². The van der Waals surface area contributed by atoms with Crippen molar-refractivity contribution in [3.05, 3.63) is 65.5 Å². The predicted octanol–water partition coefficient (Wildman–Crippen LogP) is 4.75. The van der Waals surface area contributed by atoms with Crippen molar-refractivity contribution in [3.63, 3.8) is 0 Å². The van der Waals surface area contributed by atoms with Gasteiger partial charge in [-0.25, -0.2) is 4.98 Å². The molecule has 1 heterocycles. The Bertz CT molecular complexity index is 829. The lowest BCUT2D eigenvalue weighted by molar-refractivity contribution is 0.866. The summed E-state index contributed by atoms with van der Waals surface area (Å²) in [5.41, 5.74) is 4.64. The normalized spacial score (nSPS) is 11.8. The first-order chi connectivity index (χ1) is 10.7. The largest absolute Gasteiger partial charge is 0.337 e. The van der Waals surface area contributed by atoms with Crippen molar-refractivity contribution in [1.29, 1.82) is 5.26 Å². The smallest absolute Gasteiger partial charge is 0.149 e. The van der Waals surface area contributed by atoms with Crippen molar-refractivity contribution in [1.82, 2.24) is 9.97 Å². The van der Waals surface area contributed by atoms with Gasteiger partial charge in [0.15, 0.2) is 0 Å². The number of aromatic amines is 1. The third-order valence-corrected chi connectivity index (χ3v) is 3.68. The number of nitrogens with zero attached hydrogens (tertiary/aromatic N) is 2. The second-order valence-electron chi connectivity index (χ2n) is 5.59. The highest BCUT2D eigenvalue weighted by molar-refractivity contribution is 5.90. The number of H-pyrrole nitrogens is 1. The van der Waals surface area contributed by atoms with Gasteiger partial charge in [0.05, 0.1) is 16.6 Å². The summed E-state index contributed by atoms with van der Waals surface area (Å²) >= 11 is 0. The van der Waals surface area contributed by atoms with Crippen LogP contribution in [0.4, 0.5) is 0 Å². The van der Waals surface area contributed by atoms with Crippen LogP contribution in [-0.2, 0) is 0 Å². The van der Waals surface area contributed by atoms with Gasteiger partial charge in [0.1, 0.15) is 11.9 Å². The molecule has 0 saturated carbocycles. The zero-order valence-corrected chi connectivity index (χ0v) is 12.7. The molecule has 22 heavy (non-hydrogen) atoms. The summed E-state index contributed by atoms with van der Waals surface area (Å²) in [6, 6.07) is 18.3. The molecule has 0 spiro atoms. The number of aromatic nitrogens is 2. The molecule has 1 N–H and O–H groups in total. The third kappa shape index (κ3) is 2.77. The topological polar surface area (TPSA) is 52.5 Å². The SMILES string of the molecule is CC(C)c1ccc(/C=C(/C#N)c2nc3ccccc3[nH]2)cc1. The molecular weight excluding hydrogens is 270 g/mol. The molecule has 0 aliphatic carbocycles. The van der Waals surface area contributed by atoms with Gasteiger partial charge in [0.2, 0.25) is 0 Å². The molecule has 3 nitrogen and oxygen atoms in total. The molecule has 2 aromatic carbocycles. The van der Waals surface area contributed by atoms with Gasteiger partial charge in [-0.2, -0.15) is 5.26 Å². The minimum atomic E-state index is 0.504. The molecule has 3 heteroatoms. The van der Waals surface area contributed by atoms with Gasteiger partial charge < -0.3 is 4.98 Å². The van der Waals surface area contributed by atoms with Gasteiger partial charge in [0, 0.05) is 0 Å². The fourth-order valence-corrected chi connectivity index (χ4v) is 2.38. The van der Waals surface area contributed by atoms with E-state index in [1.54, 1.807) is 0 Å². The van der Waals surface area contributed by atoms with E-state index in [4.69, 9.17) is 0 Å². The molecule has 3 aromatic rings. The van der Waals surface area contributed by atoms with Crippen LogP contribution in [0.5, 0.6) is 0 Å². The average Bonchev–Trinajstić information content (AvgIpc) is 2.96. The number of fused-ring (bicyclic) bond motifs is 1. The highest BCUT2D eigenvalue weighted by Gasteiger charge is 2.07. The number of rotatable bonds is 3. The van der Waals surface area contributed by atoms with E-state index in [-0.39, 0.29) is 0 Å². The van der Waals surface area contributed by atoms with Crippen LogP contribution in [0, 0.1) is 11.3 Å². The minimum absolute atomic E-state index is 0.504. The Morgan fingerprint density at radius 2 is 1.86 bits per heavy atom. The summed E-state index contributed by atoms with van der Waals surface area (Å²) in [4.78, 5) is 7.67. The van der Waals surface area contributed by atoms with Crippen LogP contribution in [0.15, 0.2) is 48.5 Å². The predicted molar refractivity (Wildman–Crippen MR) is 90.1 cm³/mol. The molecule has 1 aromatic heterocycles. The molecule has 0 radical (unpaired) electrons. The number of hydrogen-bond acceptors (Lipinski definition) is 2. The summed E-state index contributed by atoms with van der Waals surface area (Å²) in [6.07, 6.45) is 1.86. The average molecular weight is 287 g/mol. The third-order valence-electron chi connectivity index (χ3n) is 3.68. The molecule has 0 amide bonds. The van der Waals surface area contributed by atoms with Crippen LogP contribution in [0.2, 0.25) is 0 Å². The van der Waals surface area contributed by atoms with Crippen molar-refractivity contribution in [2.45, 2.75) is 19.8 Å². The van der Waals surface area contributed by atoms with E-state index >= 15 is 0 Å². The molecule has 0 unspecified atom stereocenters. The van der Waals surface area contributed by atoms with E-state index in [1.807, 2.05) is 42.5 Å². The maximum atomic E-state index is 9.43. The Balaban J connectivity index is 1.97. The van der Waals surface area contributed by atoms with E-state index in [2.05, 4.69) is 42.0 Å². The van der Waals surface area contributed by atoms with Gasteiger partial charge >= 0.3 is 0 Å². The number of hydrogen-bond donors (Lipinski definition) is 1. The number of benzene rings is 2. The van der Waals surface area contributed by atoms with Crippen LogP contribution in [0.25, 0.3) is 22.7 Å². The van der Waals surface area contributed by atoms with E-state index in [0.717, 1.165) is 16.6 Å². The lowest BCUT2D eigenvalue weighted by Crippen LogP contribution is -1.88. The van der Waals surface area contributed by atoms with Crippen molar-refractivity contribution in [2.75, 3.05) is 0 Å². The Hall–Kier alpha value is -2.86. The molecule has 0 bridgehead atoms. The standard InChI is InChI=1S/C19H17N3/c1-13(2)15-9-7-14(8-10-15)11-16(12-20)19-21-17-5-3-4-6-18(17)22-19/h3-11,13H,1-2H3,(H,21,22)/b16-11-. The minimum Gasteiger partial charge on any atom is -0.337 e. The summed E-state index contributed by atoms with van der Waals surface area (Å²) < 4.78 is 0. The summed E-state index contributed by atoms with van der Waals surface area (Å²) in [5.74, 6) is 1.11. The highest BCUT2D eigenvalue weighted by atomic mass is 14.9. The summed E-state index contributed by atoms with van der Waals surface area (Å²) in [6.45, 7) is 4.33. The number of nitrogens with one attached hydrogen (secondary N) is 1. The molecule has 0 atom stereocenters. The van der Waals surface area contributed by atoms with Crippen molar-refractivity contribution in [2.24, 2.45) is 0 Å². The molecule has 0 saturated heterocycles. The van der Waals surface area contributed by atoms with Crippen LogP contribution in [0.1, 0.15) is 36.7 Å². The van der Waals surface area contributed by atoms with Crippen molar-refractivity contribution >= 4 is 22.7 Å². The van der Waals surface area contributed by atoms with Crippen molar-refractivity contribution < 1.29 is 0 Å². The number of nitriles is 1. The first-order valence-corrected chi connectivity index (χ1v) is 7.34. The first kappa shape index (κ1) is 14.1. The van der Waals surface area contributed by atoms with E-state index in [9.17, 15) is 5.26 Å². The fraction of sp³-hybridized carbons (Fsp3) is 0.158. The Kier molecular flexibility index (Phi) is 3.76. The lowest BCUT2D eigenvalue weighted by Gasteiger charge is -2.04. The van der Waals surface area contributed by atoms with Gasteiger partial charge in [-0.15, -0.1) is 0 Å².